The topological polar surface area (TPSA) is 54.5 Å². The summed E-state index contributed by atoms with van der Waals surface area (Å²) in [5.74, 6) is -0.555. The van der Waals surface area contributed by atoms with Crippen molar-refractivity contribution in [3.05, 3.63) is 46.6 Å². The molecule has 6 heteroatoms. The number of rotatable bonds is 2. The summed E-state index contributed by atoms with van der Waals surface area (Å²) in [5.41, 5.74) is 1.55. The van der Waals surface area contributed by atoms with Gasteiger partial charge in [0.05, 0.1) is 5.75 Å². The van der Waals surface area contributed by atoms with Crippen molar-refractivity contribution in [3.63, 3.8) is 0 Å². The molecule has 0 bridgehead atoms. The molecule has 0 aromatic heterocycles. The number of allylic oxidation sites excluding steroid dienone is 1. The van der Waals surface area contributed by atoms with Crippen molar-refractivity contribution >= 4 is 15.7 Å². The third-order valence-electron chi connectivity index (χ3n) is 4.54. The zero-order chi connectivity index (χ0) is 16.8. The lowest BCUT2D eigenvalue weighted by atomic mass is 9.78. The molecule has 3 rings (SSSR count). The summed E-state index contributed by atoms with van der Waals surface area (Å²) < 4.78 is 36.4. The number of hydrogen-bond acceptors (Lipinski definition) is 3. The van der Waals surface area contributed by atoms with Gasteiger partial charge < -0.3 is 4.90 Å². The Balaban J connectivity index is 1.76. The second-order valence-corrected chi connectivity index (χ2v) is 8.99. The largest absolute Gasteiger partial charge is 0.337 e. The van der Waals surface area contributed by atoms with Crippen LogP contribution in [-0.4, -0.2) is 31.5 Å². The van der Waals surface area contributed by atoms with Crippen LogP contribution in [0.4, 0.5) is 4.39 Å². The highest BCUT2D eigenvalue weighted by Crippen LogP contribution is 2.34. The summed E-state index contributed by atoms with van der Waals surface area (Å²) in [6.45, 7) is 4.93. The van der Waals surface area contributed by atoms with Crippen LogP contribution in [0.3, 0.4) is 0 Å². The quantitative estimate of drug-likeness (QED) is 0.833. The van der Waals surface area contributed by atoms with E-state index in [1.807, 2.05) is 13.8 Å². The maximum Gasteiger partial charge on any atom is 0.223 e. The van der Waals surface area contributed by atoms with E-state index in [-0.39, 0.29) is 35.2 Å². The smallest absolute Gasteiger partial charge is 0.223 e. The van der Waals surface area contributed by atoms with Gasteiger partial charge in [-0.25, -0.2) is 12.8 Å². The highest BCUT2D eigenvalue weighted by molar-refractivity contribution is 7.94. The Hall–Kier alpha value is -1.69. The van der Waals surface area contributed by atoms with Gasteiger partial charge in [0, 0.05) is 36.3 Å². The normalized spacial score (nSPS) is 24.5. The molecule has 0 saturated heterocycles. The average molecular weight is 337 g/mol. The number of benzene rings is 1. The first-order valence-corrected chi connectivity index (χ1v) is 9.35. The maximum absolute atomic E-state index is 13.5. The molecule has 23 heavy (non-hydrogen) atoms. The minimum atomic E-state index is -3.14. The van der Waals surface area contributed by atoms with E-state index in [9.17, 15) is 17.6 Å². The fourth-order valence-corrected chi connectivity index (χ4v) is 4.84. The van der Waals surface area contributed by atoms with Crippen molar-refractivity contribution in [2.75, 3.05) is 12.3 Å². The Labute approximate surface area is 135 Å². The minimum Gasteiger partial charge on any atom is -0.337 e. The molecule has 124 valence electrons. The van der Waals surface area contributed by atoms with E-state index in [4.69, 9.17) is 0 Å². The second kappa shape index (κ2) is 5.44. The second-order valence-electron chi connectivity index (χ2n) is 7.06. The first kappa shape index (κ1) is 16.2. The van der Waals surface area contributed by atoms with Gasteiger partial charge >= 0.3 is 0 Å². The fraction of sp³-hybridized carbons (Fsp3) is 0.471. The zero-order valence-corrected chi connectivity index (χ0v) is 14.1. The van der Waals surface area contributed by atoms with Gasteiger partial charge in [-0.2, -0.15) is 0 Å². The Morgan fingerprint density at radius 1 is 1.39 bits per heavy atom. The van der Waals surface area contributed by atoms with Crippen LogP contribution >= 0.6 is 0 Å². The Bertz CT molecular complexity index is 783. The molecular weight excluding hydrogens is 317 g/mol. The number of carbonyl (C=O) groups excluding carboxylic acids is 1. The van der Waals surface area contributed by atoms with E-state index in [0.29, 0.717) is 13.1 Å². The van der Waals surface area contributed by atoms with E-state index >= 15 is 0 Å². The number of halogens is 1. The molecule has 0 fully saturated rings. The summed E-state index contributed by atoms with van der Waals surface area (Å²) in [5, 5.41) is 1.20. The molecule has 1 aromatic carbocycles. The van der Waals surface area contributed by atoms with E-state index < -0.39 is 9.84 Å². The number of hydrogen-bond donors (Lipinski definition) is 0. The molecule has 2 aliphatic rings. The number of nitrogens with zero attached hydrogens (tertiary/aromatic N) is 1. The number of fused-ring (bicyclic) bond motifs is 1. The predicted molar refractivity (Wildman–Crippen MR) is 85.9 cm³/mol. The van der Waals surface area contributed by atoms with Crippen LogP contribution in [0, 0.1) is 11.7 Å². The highest BCUT2D eigenvalue weighted by Gasteiger charge is 2.35. The van der Waals surface area contributed by atoms with Crippen LogP contribution in [-0.2, 0) is 26.6 Å². The van der Waals surface area contributed by atoms with Crippen LogP contribution in [0.5, 0.6) is 0 Å². The van der Waals surface area contributed by atoms with Crippen molar-refractivity contribution in [3.8, 4) is 0 Å². The predicted octanol–water partition coefficient (Wildman–Crippen LogP) is 2.39. The molecule has 1 atom stereocenters. The molecule has 0 radical (unpaired) electrons. The van der Waals surface area contributed by atoms with Crippen LogP contribution in [0.2, 0.25) is 0 Å². The van der Waals surface area contributed by atoms with Crippen LogP contribution in [0.25, 0.3) is 0 Å². The minimum absolute atomic E-state index is 0.0117. The molecule has 4 nitrogen and oxygen atoms in total. The Morgan fingerprint density at radius 3 is 2.78 bits per heavy atom. The summed E-state index contributed by atoms with van der Waals surface area (Å²) in [6, 6.07) is 4.68. The number of carbonyl (C=O) groups is 1. The molecule has 0 N–H and O–H groups in total. The molecule has 0 saturated carbocycles. The fourth-order valence-electron chi connectivity index (χ4n) is 3.44. The summed E-state index contributed by atoms with van der Waals surface area (Å²) in [6.07, 6.45) is 1.80. The molecule has 0 aliphatic carbocycles. The van der Waals surface area contributed by atoms with Crippen LogP contribution < -0.4 is 0 Å². The number of amides is 1. The molecule has 1 unspecified atom stereocenters. The third-order valence-corrected chi connectivity index (χ3v) is 6.01. The van der Waals surface area contributed by atoms with Gasteiger partial charge in [0.2, 0.25) is 5.91 Å². The van der Waals surface area contributed by atoms with E-state index in [2.05, 4.69) is 0 Å². The Kier molecular flexibility index (Phi) is 3.83. The molecule has 2 heterocycles. The maximum atomic E-state index is 13.5. The lowest BCUT2D eigenvalue weighted by Crippen LogP contribution is -2.45. The van der Waals surface area contributed by atoms with Gasteiger partial charge in [0.25, 0.3) is 0 Å². The summed E-state index contributed by atoms with van der Waals surface area (Å²) >= 11 is 0. The molecule has 2 aliphatic heterocycles. The monoisotopic (exact) mass is 337 g/mol. The molecule has 1 aromatic rings. The van der Waals surface area contributed by atoms with E-state index in [0.717, 1.165) is 11.1 Å². The van der Waals surface area contributed by atoms with Crippen molar-refractivity contribution in [2.24, 2.45) is 5.92 Å². The number of sulfone groups is 1. The van der Waals surface area contributed by atoms with Gasteiger partial charge in [0.1, 0.15) is 5.82 Å². The summed E-state index contributed by atoms with van der Waals surface area (Å²) in [7, 11) is -3.14. The SMILES string of the molecule is CC1(C)CN(C(=O)CC2C=CS(=O)(=O)C2)Cc2ccc(F)cc21. The van der Waals surface area contributed by atoms with Crippen molar-refractivity contribution in [1.29, 1.82) is 0 Å². The van der Waals surface area contributed by atoms with Crippen LogP contribution in [0.1, 0.15) is 31.4 Å². The van der Waals surface area contributed by atoms with Crippen molar-refractivity contribution in [2.45, 2.75) is 32.2 Å². The zero-order valence-electron chi connectivity index (χ0n) is 13.3. The highest BCUT2D eigenvalue weighted by atomic mass is 32.2. The molecule has 0 spiro atoms. The lowest BCUT2D eigenvalue weighted by Gasteiger charge is -2.40. The Morgan fingerprint density at radius 2 is 2.13 bits per heavy atom. The van der Waals surface area contributed by atoms with Gasteiger partial charge in [-0.1, -0.05) is 26.0 Å². The van der Waals surface area contributed by atoms with Gasteiger partial charge in [-0.15, -0.1) is 0 Å². The van der Waals surface area contributed by atoms with E-state index in [1.165, 1.54) is 11.5 Å². The van der Waals surface area contributed by atoms with Gasteiger partial charge in [0.15, 0.2) is 9.84 Å². The summed E-state index contributed by atoms with van der Waals surface area (Å²) in [4.78, 5) is 14.3. The first-order chi connectivity index (χ1) is 10.7. The molecule has 1 amide bonds. The van der Waals surface area contributed by atoms with Crippen molar-refractivity contribution in [1.82, 2.24) is 4.90 Å². The van der Waals surface area contributed by atoms with Gasteiger partial charge in [-0.3, -0.25) is 4.79 Å². The van der Waals surface area contributed by atoms with Crippen LogP contribution in [0.15, 0.2) is 29.7 Å². The van der Waals surface area contributed by atoms with Crippen molar-refractivity contribution < 1.29 is 17.6 Å². The standard InChI is InChI=1S/C17H20FNO3S/c1-17(2)11-19(9-13-3-4-14(18)8-15(13)17)16(20)7-12-5-6-23(21,22)10-12/h3-6,8,12H,7,9-11H2,1-2H3. The first-order valence-electron chi connectivity index (χ1n) is 7.64. The van der Waals surface area contributed by atoms with Gasteiger partial charge in [-0.05, 0) is 23.3 Å². The lowest BCUT2D eigenvalue weighted by molar-refractivity contribution is -0.133. The van der Waals surface area contributed by atoms with E-state index in [1.54, 1.807) is 23.1 Å². The third kappa shape index (κ3) is 3.32. The average Bonchev–Trinajstić information content (AvgIpc) is 2.78. The molecular formula is C17H20FNO3S.